The molecule has 5 rings (SSSR count). The number of hydrogen-bond acceptors (Lipinski definition) is 5. The van der Waals surface area contributed by atoms with E-state index >= 15 is 0 Å². The van der Waals surface area contributed by atoms with Crippen molar-refractivity contribution < 1.29 is 14.7 Å². The number of hydrogen-bond donors (Lipinski definition) is 5. The second-order valence-electron chi connectivity index (χ2n) is 8.38. The van der Waals surface area contributed by atoms with E-state index in [9.17, 15) is 24.3 Å². The fourth-order valence-electron chi connectivity index (χ4n) is 4.11. The number of carboxylic acid groups (broad SMARTS) is 1. The molecular formula is C26H21N5O5. The molecule has 0 radical (unpaired) electrons. The Hall–Kier alpha value is -5.12. The Balaban J connectivity index is 1.38. The highest BCUT2D eigenvalue weighted by molar-refractivity contribution is 5.99. The standard InChI is InChI=1S/C26H21N5O5/c27-16-7-10-20-18(13-16)24(33)31(26(36)30-20)17-8-5-14(6-9-17)11-22(25(34)35)29-23(32)21-12-15-3-1-2-4-19(15)28-21/h1-10,12-13,22,28H,11,27H2,(H,29,32)(H,30,36)(H,34,35). The van der Waals surface area contributed by atoms with E-state index in [0.29, 0.717) is 22.5 Å². The van der Waals surface area contributed by atoms with E-state index in [2.05, 4.69) is 15.3 Å². The molecule has 0 aliphatic rings. The summed E-state index contributed by atoms with van der Waals surface area (Å²) in [6.07, 6.45) is 0.00108. The molecule has 1 atom stereocenters. The zero-order chi connectivity index (χ0) is 25.4. The number of carboxylic acids is 1. The Morgan fingerprint density at radius 2 is 1.69 bits per heavy atom. The van der Waals surface area contributed by atoms with Crippen molar-refractivity contribution in [3.05, 3.63) is 105 Å². The van der Waals surface area contributed by atoms with Crippen molar-refractivity contribution in [3.8, 4) is 5.69 Å². The van der Waals surface area contributed by atoms with Gasteiger partial charge in [-0.05, 0) is 48.0 Å². The van der Waals surface area contributed by atoms with Gasteiger partial charge in [0, 0.05) is 23.0 Å². The van der Waals surface area contributed by atoms with E-state index in [1.165, 1.54) is 6.07 Å². The van der Waals surface area contributed by atoms with Crippen molar-refractivity contribution in [2.45, 2.75) is 12.5 Å². The van der Waals surface area contributed by atoms with Crippen LogP contribution in [-0.4, -0.2) is 37.6 Å². The Kier molecular flexibility index (Phi) is 5.61. The molecule has 0 aliphatic heterocycles. The van der Waals surface area contributed by atoms with Crippen LogP contribution in [0.2, 0.25) is 0 Å². The topological polar surface area (TPSA) is 163 Å². The lowest BCUT2D eigenvalue weighted by Gasteiger charge is -2.15. The van der Waals surface area contributed by atoms with Gasteiger partial charge in [-0.3, -0.25) is 9.59 Å². The first-order valence-corrected chi connectivity index (χ1v) is 11.1. The predicted molar refractivity (Wildman–Crippen MR) is 135 cm³/mol. The SMILES string of the molecule is Nc1ccc2[nH]c(=O)n(-c3ccc(CC(NC(=O)c4cc5ccccc5[nH]4)C(=O)O)cc3)c(=O)c2c1. The van der Waals surface area contributed by atoms with Crippen LogP contribution < -0.4 is 22.3 Å². The molecule has 0 saturated heterocycles. The van der Waals surface area contributed by atoms with Gasteiger partial charge in [-0.15, -0.1) is 0 Å². The molecule has 2 heterocycles. The van der Waals surface area contributed by atoms with Crippen LogP contribution >= 0.6 is 0 Å². The van der Waals surface area contributed by atoms with Crippen molar-refractivity contribution in [2.24, 2.45) is 0 Å². The summed E-state index contributed by atoms with van der Waals surface area (Å²) < 4.78 is 0.984. The summed E-state index contributed by atoms with van der Waals surface area (Å²) in [7, 11) is 0. The smallest absolute Gasteiger partial charge is 0.333 e. The van der Waals surface area contributed by atoms with Gasteiger partial charge in [0.25, 0.3) is 11.5 Å². The van der Waals surface area contributed by atoms with Gasteiger partial charge in [-0.2, -0.15) is 0 Å². The molecule has 0 fully saturated rings. The number of benzene rings is 3. The van der Waals surface area contributed by atoms with Crippen LogP contribution in [0.15, 0.2) is 82.4 Å². The lowest BCUT2D eigenvalue weighted by Crippen LogP contribution is -2.42. The third-order valence-corrected chi connectivity index (χ3v) is 5.93. The number of aromatic nitrogens is 3. The van der Waals surface area contributed by atoms with Crippen molar-refractivity contribution in [1.29, 1.82) is 0 Å². The van der Waals surface area contributed by atoms with E-state index in [4.69, 9.17) is 5.73 Å². The number of nitrogen functional groups attached to an aromatic ring is 1. The van der Waals surface area contributed by atoms with Gasteiger partial charge in [0.15, 0.2) is 0 Å². The third kappa shape index (κ3) is 4.23. The molecule has 1 unspecified atom stereocenters. The first kappa shape index (κ1) is 22.7. The van der Waals surface area contributed by atoms with Crippen molar-refractivity contribution in [1.82, 2.24) is 19.9 Å². The van der Waals surface area contributed by atoms with Gasteiger partial charge in [0.05, 0.1) is 16.6 Å². The Morgan fingerprint density at radius 3 is 2.42 bits per heavy atom. The van der Waals surface area contributed by atoms with E-state index in [0.717, 1.165) is 15.5 Å². The minimum absolute atomic E-state index is 0.00108. The first-order chi connectivity index (χ1) is 17.3. The summed E-state index contributed by atoms with van der Waals surface area (Å²) in [6.45, 7) is 0. The minimum Gasteiger partial charge on any atom is -0.480 e. The van der Waals surface area contributed by atoms with E-state index in [1.54, 1.807) is 42.5 Å². The fraction of sp³-hybridized carbons (Fsp3) is 0.0769. The highest BCUT2D eigenvalue weighted by Crippen LogP contribution is 2.16. The fourth-order valence-corrected chi connectivity index (χ4v) is 4.11. The third-order valence-electron chi connectivity index (χ3n) is 5.93. The quantitative estimate of drug-likeness (QED) is 0.232. The molecule has 10 heteroatoms. The van der Waals surface area contributed by atoms with Crippen LogP contribution in [0.25, 0.3) is 27.5 Å². The molecule has 3 aromatic carbocycles. The maximum Gasteiger partial charge on any atom is 0.333 e. The number of nitrogens with two attached hydrogens (primary N) is 1. The Labute approximate surface area is 203 Å². The molecule has 0 bridgehead atoms. The second kappa shape index (κ2) is 8.91. The minimum atomic E-state index is -1.19. The average Bonchev–Trinajstić information content (AvgIpc) is 3.30. The number of nitrogens with zero attached hydrogens (tertiary/aromatic N) is 1. The van der Waals surface area contributed by atoms with Gasteiger partial charge in [0.1, 0.15) is 11.7 Å². The predicted octanol–water partition coefficient (Wildman–Crippen LogP) is 2.17. The number of nitrogens with one attached hydrogen (secondary N) is 3. The summed E-state index contributed by atoms with van der Waals surface area (Å²) in [5.74, 6) is -1.73. The zero-order valence-corrected chi connectivity index (χ0v) is 18.8. The largest absolute Gasteiger partial charge is 0.480 e. The van der Waals surface area contributed by atoms with Gasteiger partial charge < -0.3 is 26.1 Å². The molecule has 36 heavy (non-hydrogen) atoms. The van der Waals surface area contributed by atoms with Crippen LogP contribution in [0.3, 0.4) is 0 Å². The van der Waals surface area contributed by atoms with Crippen LogP contribution in [0.1, 0.15) is 16.1 Å². The number of aromatic amines is 2. The van der Waals surface area contributed by atoms with E-state index in [1.807, 2.05) is 24.3 Å². The van der Waals surface area contributed by atoms with Gasteiger partial charge in [0.2, 0.25) is 0 Å². The van der Waals surface area contributed by atoms with Crippen molar-refractivity contribution in [2.75, 3.05) is 5.73 Å². The van der Waals surface area contributed by atoms with Gasteiger partial charge in [-0.25, -0.2) is 14.2 Å². The first-order valence-electron chi connectivity index (χ1n) is 11.1. The molecule has 180 valence electrons. The van der Waals surface area contributed by atoms with Crippen LogP contribution in [-0.2, 0) is 11.2 Å². The number of amides is 1. The number of H-pyrrole nitrogens is 2. The van der Waals surface area contributed by atoms with Crippen LogP contribution in [0, 0.1) is 0 Å². The van der Waals surface area contributed by atoms with Crippen LogP contribution in [0.5, 0.6) is 0 Å². The van der Waals surface area contributed by atoms with Crippen molar-refractivity contribution >= 4 is 39.4 Å². The average molecular weight is 483 g/mol. The normalized spacial score (nSPS) is 12.0. The number of anilines is 1. The summed E-state index contributed by atoms with van der Waals surface area (Å²) in [5, 5.41) is 13.3. The van der Waals surface area contributed by atoms with Crippen LogP contribution in [0.4, 0.5) is 5.69 Å². The molecule has 5 aromatic rings. The maximum atomic E-state index is 12.9. The highest BCUT2D eigenvalue weighted by Gasteiger charge is 2.22. The molecular weight excluding hydrogens is 462 g/mol. The summed E-state index contributed by atoms with van der Waals surface area (Å²) in [5.41, 5.74) is 7.34. The van der Waals surface area contributed by atoms with Crippen molar-refractivity contribution in [3.63, 3.8) is 0 Å². The van der Waals surface area contributed by atoms with E-state index in [-0.39, 0.29) is 17.5 Å². The lowest BCUT2D eigenvalue weighted by molar-refractivity contribution is -0.139. The van der Waals surface area contributed by atoms with E-state index < -0.39 is 29.2 Å². The van der Waals surface area contributed by atoms with Gasteiger partial charge >= 0.3 is 11.7 Å². The highest BCUT2D eigenvalue weighted by atomic mass is 16.4. The molecule has 0 aliphatic carbocycles. The summed E-state index contributed by atoms with van der Waals surface area (Å²) in [6, 6.07) is 18.8. The summed E-state index contributed by atoms with van der Waals surface area (Å²) >= 11 is 0. The molecule has 1 amide bonds. The molecule has 0 saturated carbocycles. The number of rotatable bonds is 6. The molecule has 10 nitrogen and oxygen atoms in total. The molecule has 2 aromatic heterocycles. The Morgan fingerprint density at radius 1 is 0.944 bits per heavy atom. The Bertz CT molecular complexity index is 1710. The number of fused-ring (bicyclic) bond motifs is 2. The number of para-hydroxylation sites is 1. The monoisotopic (exact) mass is 483 g/mol. The second-order valence-corrected chi connectivity index (χ2v) is 8.38. The molecule has 0 spiro atoms. The zero-order valence-electron chi connectivity index (χ0n) is 18.8. The van der Waals surface area contributed by atoms with Gasteiger partial charge in [-0.1, -0.05) is 30.3 Å². The lowest BCUT2D eigenvalue weighted by atomic mass is 10.1. The summed E-state index contributed by atoms with van der Waals surface area (Å²) in [4.78, 5) is 55.6. The number of carbonyl (C=O) groups excluding carboxylic acids is 1. The maximum absolute atomic E-state index is 12.9. The molecule has 6 N–H and O–H groups in total. The number of aliphatic carboxylic acids is 1. The number of carbonyl (C=O) groups is 2.